The van der Waals surface area contributed by atoms with Crippen molar-refractivity contribution in [2.45, 2.75) is 65.8 Å². The van der Waals surface area contributed by atoms with Gasteiger partial charge in [-0.2, -0.15) is 0 Å². The van der Waals surface area contributed by atoms with Crippen LogP contribution in [-0.4, -0.2) is 15.0 Å². The van der Waals surface area contributed by atoms with E-state index in [4.69, 9.17) is 0 Å². The van der Waals surface area contributed by atoms with Crippen LogP contribution < -0.4 is 0 Å². The van der Waals surface area contributed by atoms with E-state index in [1.165, 1.54) is 30.7 Å². The monoisotopic (exact) mass is 235 g/mol. The largest absolute Gasteiger partial charge is 0.247 e. The quantitative estimate of drug-likeness (QED) is 0.786. The van der Waals surface area contributed by atoms with Crippen molar-refractivity contribution >= 4 is 0 Å². The highest BCUT2D eigenvalue weighted by Gasteiger charge is 2.21. The van der Waals surface area contributed by atoms with E-state index in [-0.39, 0.29) is 0 Å². The van der Waals surface area contributed by atoms with Gasteiger partial charge in [-0.1, -0.05) is 19.1 Å². The molecule has 17 heavy (non-hydrogen) atoms. The van der Waals surface area contributed by atoms with Crippen LogP contribution in [0.4, 0.5) is 0 Å². The predicted molar refractivity (Wildman–Crippen MR) is 70.0 cm³/mol. The number of hydrogen-bond acceptors (Lipinski definition) is 2. The fraction of sp³-hybridized carbons (Fsp3) is 0.857. The lowest BCUT2D eigenvalue weighted by molar-refractivity contribution is 0.319. The Morgan fingerprint density at radius 3 is 2.53 bits per heavy atom. The second-order valence-corrected chi connectivity index (χ2v) is 5.96. The fourth-order valence-corrected chi connectivity index (χ4v) is 2.88. The van der Waals surface area contributed by atoms with Crippen molar-refractivity contribution in [2.75, 3.05) is 0 Å². The lowest BCUT2D eigenvalue weighted by Crippen LogP contribution is -2.16. The first kappa shape index (κ1) is 12.6. The lowest BCUT2D eigenvalue weighted by Gasteiger charge is -2.23. The average Bonchev–Trinajstić information content (AvgIpc) is 2.59. The molecule has 1 aliphatic rings. The summed E-state index contributed by atoms with van der Waals surface area (Å²) < 4.78 is 2.12. The second kappa shape index (κ2) is 5.19. The molecule has 1 atom stereocenters. The first-order valence-corrected chi connectivity index (χ1v) is 7.02. The molecule has 3 nitrogen and oxygen atoms in total. The molecular weight excluding hydrogens is 210 g/mol. The molecular formula is C14H25N3. The molecule has 0 aliphatic heterocycles. The summed E-state index contributed by atoms with van der Waals surface area (Å²) in [4.78, 5) is 0. The Bertz CT molecular complexity index is 366. The van der Waals surface area contributed by atoms with Crippen LogP contribution in [-0.2, 0) is 12.8 Å². The molecule has 1 heterocycles. The number of rotatable bonds is 2. The number of aromatic nitrogens is 3. The van der Waals surface area contributed by atoms with Gasteiger partial charge in [0.1, 0.15) is 0 Å². The van der Waals surface area contributed by atoms with Crippen molar-refractivity contribution in [1.29, 1.82) is 0 Å². The first-order valence-electron chi connectivity index (χ1n) is 7.02. The minimum Gasteiger partial charge on any atom is -0.247 e. The molecule has 1 aromatic heterocycles. The van der Waals surface area contributed by atoms with Gasteiger partial charge in [0.25, 0.3) is 0 Å². The number of nitrogens with zero attached hydrogens (tertiary/aromatic N) is 3. The minimum atomic E-state index is 0.433. The maximum atomic E-state index is 4.36. The number of hydrogen-bond donors (Lipinski definition) is 0. The minimum absolute atomic E-state index is 0.433. The average molecular weight is 235 g/mol. The van der Waals surface area contributed by atoms with Crippen LogP contribution in [0, 0.1) is 11.8 Å². The molecule has 0 aromatic carbocycles. The molecule has 0 bridgehead atoms. The van der Waals surface area contributed by atoms with E-state index in [9.17, 15) is 0 Å². The summed E-state index contributed by atoms with van der Waals surface area (Å²) in [6.07, 6.45) is 6.19. The molecule has 1 unspecified atom stereocenters. The molecule has 1 aliphatic carbocycles. The molecule has 0 radical (unpaired) electrons. The normalized spacial score (nSPS) is 21.4. The predicted octanol–water partition coefficient (Wildman–Crippen LogP) is 3.40. The van der Waals surface area contributed by atoms with Crippen molar-refractivity contribution in [3.05, 3.63) is 11.4 Å². The second-order valence-electron chi connectivity index (χ2n) is 5.96. The van der Waals surface area contributed by atoms with E-state index in [1.54, 1.807) is 0 Å². The molecule has 0 N–H and O–H groups in total. The Balaban J connectivity index is 2.19. The molecule has 0 amide bonds. The van der Waals surface area contributed by atoms with E-state index in [0.717, 1.165) is 24.7 Å². The van der Waals surface area contributed by atoms with E-state index in [0.29, 0.717) is 6.04 Å². The summed E-state index contributed by atoms with van der Waals surface area (Å²) in [6, 6.07) is 0.433. The third-order valence-corrected chi connectivity index (χ3v) is 4.04. The van der Waals surface area contributed by atoms with Gasteiger partial charge in [-0.25, -0.2) is 4.68 Å². The Labute approximate surface area is 105 Å². The Morgan fingerprint density at radius 1 is 1.12 bits per heavy atom. The number of fused-ring (bicyclic) bond motifs is 1. The van der Waals surface area contributed by atoms with Crippen molar-refractivity contribution in [2.24, 2.45) is 11.8 Å². The van der Waals surface area contributed by atoms with Gasteiger partial charge in [-0.15, -0.1) is 5.10 Å². The van der Waals surface area contributed by atoms with Crippen LogP contribution in [0.15, 0.2) is 0 Å². The van der Waals surface area contributed by atoms with Gasteiger partial charge in [0.15, 0.2) is 0 Å². The molecule has 0 spiro atoms. The molecule has 0 saturated carbocycles. The summed E-state index contributed by atoms with van der Waals surface area (Å²) in [5.41, 5.74) is 2.64. The summed E-state index contributed by atoms with van der Waals surface area (Å²) in [7, 11) is 0. The van der Waals surface area contributed by atoms with E-state index >= 15 is 0 Å². The Kier molecular flexibility index (Phi) is 3.85. The first-order chi connectivity index (χ1) is 8.09. The van der Waals surface area contributed by atoms with Crippen LogP contribution in [0.2, 0.25) is 0 Å². The summed E-state index contributed by atoms with van der Waals surface area (Å²) >= 11 is 0. The van der Waals surface area contributed by atoms with Gasteiger partial charge < -0.3 is 0 Å². The topological polar surface area (TPSA) is 30.7 Å². The maximum Gasteiger partial charge on any atom is 0.0859 e. The van der Waals surface area contributed by atoms with Crippen molar-refractivity contribution in [3.63, 3.8) is 0 Å². The van der Waals surface area contributed by atoms with Crippen LogP contribution >= 0.6 is 0 Å². The van der Waals surface area contributed by atoms with Crippen molar-refractivity contribution in [1.82, 2.24) is 15.0 Å². The van der Waals surface area contributed by atoms with Crippen molar-refractivity contribution in [3.8, 4) is 0 Å². The smallest absolute Gasteiger partial charge is 0.0859 e. The van der Waals surface area contributed by atoms with Gasteiger partial charge in [-0.05, 0) is 57.8 Å². The maximum absolute atomic E-state index is 4.36. The highest BCUT2D eigenvalue weighted by molar-refractivity contribution is 5.12. The summed E-state index contributed by atoms with van der Waals surface area (Å²) in [5.74, 6) is 1.68. The lowest BCUT2D eigenvalue weighted by atomic mass is 9.84. The zero-order valence-corrected chi connectivity index (χ0v) is 11.6. The zero-order valence-electron chi connectivity index (χ0n) is 11.6. The molecule has 0 saturated heterocycles. The third kappa shape index (κ3) is 2.70. The highest BCUT2D eigenvalue weighted by atomic mass is 15.4. The third-order valence-electron chi connectivity index (χ3n) is 4.04. The molecule has 2 rings (SSSR count). The Hall–Kier alpha value is -0.860. The molecule has 3 heteroatoms. The molecule has 96 valence electrons. The van der Waals surface area contributed by atoms with Gasteiger partial charge >= 0.3 is 0 Å². The van der Waals surface area contributed by atoms with Crippen molar-refractivity contribution < 1.29 is 0 Å². The van der Waals surface area contributed by atoms with Crippen LogP contribution in [0.5, 0.6) is 0 Å². The summed E-state index contributed by atoms with van der Waals surface area (Å²) in [5, 5.41) is 8.68. The highest BCUT2D eigenvalue weighted by Crippen LogP contribution is 2.28. The van der Waals surface area contributed by atoms with E-state index in [2.05, 4.69) is 42.7 Å². The zero-order chi connectivity index (χ0) is 12.4. The SMILES string of the molecule is CC(C)C1CCCc2nnn(C(C)C)c2CC1. The van der Waals surface area contributed by atoms with Gasteiger partial charge in [0.2, 0.25) is 0 Å². The molecule has 0 fully saturated rings. The van der Waals surface area contributed by atoms with E-state index < -0.39 is 0 Å². The van der Waals surface area contributed by atoms with Gasteiger partial charge in [0, 0.05) is 6.04 Å². The molecule has 1 aromatic rings. The van der Waals surface area contributed by atoms with Crippen LogP contribution in [0.1, 0.15) is 64.4 Å². The van der Waals surface area contributed by atoms with Gasteiger partial charge in [-0.3, -0.25) is 0 Å². The number of aryl methyl sites for hydroxylation is 1. The van der Waals surface area contributed by atoms with Crippen LogP contribution in [0.3, 0.4) is 0 Å². The standard InChI is InChI=1S/C14H25N3/c1-10(2)12-6-5-7-13-14(9-8-12)17(11(3)4)16-15-13/h10-12H,5-9H2,1-4H3. The fourth-order valence-electron chi connectivity index (χ4n) is 2.88. The Morgan fingerprint density at radius 2 is 1.88 bits per heavy atom. The van der Waals surface area contributed by atoms with Gasteiger partial charge in [0.05, 0.1) is 11.4 Å². The summed E-state index contributed by atoms with van der Waals surface area (Å²) in [6.45, 7) is 9.08. The van der Waals surface area contributed by atoms with E-state index in [1.807, 2.05) is 0 Å². The van der Waals surface area contributed by atoms with Crippen LogP contribution in [0.25, 0.3) is 0 Å².